The molecule has 0 N–H and O–H groups in total. The van der Waals surface area contributed by atoms with E-state index in [9.17, 15) is 0 Å². The molecule has 0 aliphatic heterocycles. The lowest BCUT2D eigenvalue weighted by molar-refractivity contribution is 1.13. The summed E-state index contributed by atoms with van der Waals surface area (Å²) >= 11 is 1.89. The van der Waals surface area contributed by atoms with Gasteiger partial charge in [-0.05, 0) is 65.4 Å². The molecule has 9 aromatic rings. The van der Waals surface area contributed by atoms with Crippen LogP contribution in [0.1, 0.15) is 0 Å². The predicted octanol–water partition coefficient (Wildman–Crippen LogP) is 10.2. The van der Waals surface area contributed by atoms with Crippen molar-refractivity contribution in [2.24, 2.45) is 0 Å². The summed E-state index contributed by atoms with van der Waals surface area (Å²) < 4.78 is 7.42. The van der Waals surface area contributed by atoms with Crippen LogP contribution in [0.2, 0.25) is 0 Å². The molecule has 2 nitrogen and oxygen atoms in total. The first-order valence-corrected chi connectivity index (χ1v) is 14.1. The molecule has 0 unspecified atom stereocenters. The SMILES string of the molecule is c1ccc(-n2ccc3c4cc5c(cc4ccc32)c2ccccc2n5-c2cccc3c2sc2ccccc23)cc1. The van der Waals surface area contributed by atoms with Crippen molar-refractivity contribution in [1.29, 1.82) is 0 Å². The molecule has 0 radical (unpaired) electrons. The molecule has 0 aliphatic carbocycles. The highest BCUT2D eigenvalue weighted by molar-refractivity contribution is 7.26. The van der Waals surface area contributed by atoms with Gasteiger partial charge in [-0.2, -0.15) is 0 Å². The molecule has 0 fully saturated rings. The number of hydrogen-bond donors (Lipinski definition) is 0. The molecule has 0 atom stereocenters. The van der Waals surface area contributed by atoms with Gasteiger partial charge in [0.15, 0.2) is 0 Å². The van der Waals surface area contributed by atoms with Crippen molar-refractivity contribution in [1.82, 2.24) is 9.13 Å². The van der Waals surface area contributed by atoms with Crippen LogP contribution < -0.4 is 0 Å². The Morgan fingerprint density at radius 1 is 0.462 bits per heavy atom. The lowest BCUT2D eigenvalue weighted by atomic mass is 10.0. The maximum Gasteiger partial charge on any atom is 0.0640 e. The van der Waals surface area contributed by atoms with E-state index < -0.39 is 0 Å². The van der Waals surface area contributed by atoms with Gasteiger partial charge in [-0.15, -0.1) is 11.3 Å². The standard InChI is InChI=1S/C36H22N2S/c1-2-9-24(10-3-1)37-20-19-26-29-22-34-30(21-23(29)17-18-31(26)37)25-11-4-6-14-32(25)38(34)33-15-8-13-28-27-12-5-7-16-35(27)39-36(28)33/h1-22H. The van der Waals surface area contributed by atoms with Gasteiger partial charge in [-0.1, -0.05) is 72.8 Å². The van der Waals surface area contributed by atoms with E-state index in [-0.39, 0.29) is 0 Å². The van der Waals surface area contributed by atoms with Gasteiger partial charge in [-0.3, -0.25) is 0 Å². The predicted molar refractivity (Wildman–Crippen MR) is 168 cm³/mol. The fourth-order valence-electron chi connectivity index (χ4n) is 6.40. The third-order valence-corrected chi connectivity index (χ3v) is 9.35. The third-order valence-electron chi connectivity index (χ3n) is 8.14. The molecule has 3 heterocycles. The van der Waals surface area contributed by atoms with Gasteiger partial charge in [-0.25, -0.2) is 0 Å². The average Bonchev–Trinajstić information content (AvgIpc) is 3.68. The van der Waals surface area contributed by atoms with E-state index in [1.54, 1.807) is 0 Å². The molecule has 0 aliphatic rings. The minimum absolute atomic E-state index is 1.18. The zero-order valence-corrected chi connectivity index (χ0v) is 21.8. The summed E-state index contributed by atoms with van der Waals surface area (Å²) in [5.41, 5.74) is 6.13. The molecule has 3 aromatic heterocycles. The van der Waals surface area contributed by atoms with E-state index in [0.29, 0.717) is 0 Å². The minimum Gasteiger partial charge on any atom is -0.317 e. The van der Waals surface area contributed by atoms with Crippen molar-refractivity contribution in [2.45, 2.75) is 0 Å². The van der Waals surface area contributed by atoms with Gasteiger partial charge in [0.2, 0.25) is 0 Å². The first-order valence-electron chi connectivity index (χ1n) is 13.3. The van der Waals surface area contributed by atoms with Crippen molar-refractivity contribution in [3.8, 4) is 11.4 Å². The van der Waals surface area contributed by atoms with Crippen molar-refractivity contribution >= 4 is 75.0 Å². The number of hydrogen-bond acceptors (Lipinski definition) is 1. The van der Waals surface area contributed by atoms with Crippen molar-refractivity contribution in [2.75, 3.05) is 0 Å². The zero-order valence-electron chi connectivity index (χ0n) is 21.0. The molecular weight excluding hydrogens is 492 g/mol. The number of thiophene rings is 1. The average molecular weight is 515 g/mol. The topological polar surface area (TPSA) is 9.86 Å². The van der Waals surface area contributed by atoms with Crippen LogP contribution in [-0.4, -0.2) is 9.13 Å². The summed E-state index contributed by atoms with van der Waals surface area (Å²) in [6, 6.07) is 46.5. The van der Waals surface area contributed by atoms with E-state index in [0.717, 1.165) is 0 Å². The maximum absolute atomic E-state index is 2.48. The van der Waals surface area contributed by atoms with Crippen molar-refractivity contribution in [3.05, 3.63) is 134 Å². The molecule has 0 saturated heterocycles. The van der Waals surface area contributed by atoms with Crippen LogP contribution in [0, 0.1) is 0 Å². The molecule has 0 saturated carbocycles. The molecular formula is C36H22N2S. The van der Waals surface area contributed by atoms with Crippen LogP contribution in [0.5, 0.6) is 0 Å². The van der Waals surface area contributed by atoms with Crippen LogP contribution in [0.15, 0.2) is 134 Å². The number of para-hydroxylation sites is 2. The Bertz CT molecular complexity index is 2390. The van der Waals surface area contributed by atoms with Crippen LogP contribution in [0.3, 0.4) is 0 Å². The highest BCUT2D eigenvalue weighted by Crippen LogP contribution is 2.42. The van der Waals surface area contributed by atoms with Gasteiger partial charge in [0.05, 0.1) is 26.9 Å². The number of nitrogens with zero attached hydrogens (tertiary/aromatic N) is 2. The van der Waals surface area contributed by atoms with E-state index in [4.69, 9.17) is 0 Å². The van der Waals surface area contributed by atoms with Gasteiger partial charge in [0.25, 0.3) is 0 Å². The summed E-state index contributed by atoms with van der Waals surface area (Å²) in [5.74, 6) is 0. The van der Waals surface area contributed by atoms with E-state index in [1.807, 2.05) is 11.3 Å². The third kappa shape index (κ3) is 2.91. The van der Waals surface area contributed by atoms with Crippen LogP contribution >= 0.6 is 11.3 Å². The molecule has 182 valence electrons. The highest BCUT2D eigenvalue weighted by Gasteiger charge is 2.18. The van der Waals surface area contributed by atoms with Crippen LogP contribution in [0.25, 0.3) is 75.0 Å². The second-order valence-corrected chi connectivity index (χ2v) is 11.3. The summed E-state index contributed by atoms with van der Waals surface area (Å²) in [7, 11) is 0. The highest BCUT2D eigenvalue weighted by atomic mass is 32.1. The van der Waals surface area contributed by atoms with E-state index in [2.05, 4.69) is 143 Å². The molecule has 0 spiro atoms. The fraction of sp³-hybridized carbons (Fsp3) is 0. The van der Waals surface area contributed by atoms with Gasteiger partial charge < -0.3 is 9.13 Å². The van der Waals surface area contributed by atoms with E-state index in [1.165, 1.54) is 75.0 Å². The molecule has 3 heteroatoms. The Morgan fingerprint density at radius 3 is 2.15 bits per heavy atom. The van der Waals surface area contributed by atoms with Crippen molar-refractivity contribution < 1.29 is 0 Å². The molecule has 9 rings (SSSR count). The maximum atomic E-state index is 2.48. The lowest BCUT2D eigenvalue weighted by Crippen LogP contribution is -1.94. The fourth-order valence-corrected chi connectivity index (χ4v) is 7.60. The monoisotopic (exact) mass is 514 g/mol. The molecule has 6 aromatic carbocycles. The van der Waals surface area contributed by atoms with Gasteiger partial charge in [0, 0.05) is 43.5 Å². The Labute approximate surface area is 228 Å². The smallest absolute Gasteiger partial charge is 0.0640 e. The van der Waals surface area contributed by atoms with Gasteiger partial charge in [0.1, 0.15) is 0 Å². The Morgan fingerprint density at radius 2 is 1.23 bits per heavy atom. The summed E-state index contributed by atoms with van der Waals surface area (Å²) in [5, 5.41) is 9.05. The van der Waals surface area contributed by atoms with Gasteiger partial charge >= 0.3 is 0 Å². The Balaban J connectivity index is 1.41. The Kier molecular flexibility index (Phi) is 4.24. The molecule has 0 amide bonds. The molecule has 39 heavy (non-hydrogen) atoms. The number of aromatic nitrogens is 2. The number of fused-ring (bicyclic) bond motifs is 9. The molecule has 0 bridgehead atoms. The Hall–Kier alpha value is -4.86. The summed E-state index contributed by atoms with van der Waals surface area (Å²) in [6.07, 6.45) is 2.19. The van der Waals surface area contributed by atoms with E-state index >= 15 is 0 Å². The van der Waals surface area contributed by atoms with Crippen LogP contribution in [0.4, 0.5) is 0 Å². The second kappa shape index (κ2) is 7.83. The quantitative estimate of drug-likeness (QED) is 0.217. The van der Waals surface area contributed by atoms with Crippen LogP contribution in [-0.2, 0) is 0 Å². The number of rotatable bonds is 2. The number of benzene rings is 6. The first-order chi connectivity index (χ1) is 19.3. The summed E-state index contributed by atoms with van der Waals surface area (Å²) in [4.78, 5) is 0. The minimum atomic E-state index is 1.18. The second-order valence-electron chi connectivity index (χ2n) is 10.2. The normalized spacial score (nSPS) is 12.1. The first kappa shape index (κ1) is 21.1. The zero-order chi connectivity index (χ0) is 25.5. The van der Waals surface area contributed by atoms with Crippen molar-refractivity contribution in [3.63, 3.8) is 0 Å². The largest absolute Gasteiger partial charge is 0.317 e. The summed E-state index contributed by atoms with van der Waals surface area (Å²) in [6.45, 7) is 0. The lowest BCUT2D eigenvalue weighted by Gasteiger charge is -2.11.